The molecule has 0 saturated carbocycles. The van der Waals surface area contributed by atoms with E-state index in [4.69, 9.17) is 16.3 Å². The van der Waals surface area contributed by atoms with E-state index in [2.05, 4.69) is 15.5 Å². The van der Waals surface area contributed by atoms with E-state index in [1.165, 1.54) is 6.92 Å². The predicted octanol–water partition coefficient (Wildman–Crippen LogP) is 6.99. The number of nitrogens with one attached hydrogen (secondary N) is 1. The Morgan fingerprint density at radius 1 is 1.00 bits per heavy atom. The van der Waals surface area contributed by atoms with Crippen molar-refractivity contribution < 1.29 is 22.7 Å². The highest BCUT2D eigenvalue weighted by Gasteiger charge is 2.31. The van der Waals surface area contributed by atoms with Crippen LogP contribution in [0.4, 0.5) is 18.9 Å². The summed E-state index contributed by atoms with van der Waals surface area (Å²) >= 11 is 5.99. The van der Waals surface area contributed by atoms with Crippen molar-refractivity contribution in [1.82, 2.24) is 10.2 Å². The third kappa shape index (κ3) is 5.22. The second-order valence-corrected chi connectivity index (χ2v) is 8.57. The van der Waals surface area contributed by atoms with E-state index >= 15 is 0 Å². The van der Waals surface area contributed by atoms with Crippen LogP contribution >= 0.6 is 11.6 Å². The summed E-state index contributed by atoms with van der Waals surface area (Å²) in [5, 5.41) is 12.4. The Balaban J connectivity index is 1.62. The zero-order chi connectivity index (χ0) is 25.3. The number of nitrogens with zero attached hydrogens (tertiary/aromatic N) is 2. The van der Waals surface area contributed by atoms with Crippen LogP contribution in [0.3, 0.4) is 0 Å². The topological polar surface area (TPSA) is 64.1 Å². The molecule has 180 valence electrons. The van der Waals surface area contributed by atoms with Crippen LogP contribution in [0, 0.1) is 13.8 Å². The van der Waals surface area contributed by atoms with Gasteiger partial charge in [-0.25, -0.2) is 0 Å². The molecule has 0 saturated heterocycles. The molecule has 0 aliphatic heterocycles. The Bertz CT molecular complexity index is 1420. The highest BCUT2D eigenvalue weighted by molar-refractivity contribution is 6.33. The lowest BCUT2D eigenvalue weighted by atomic mass is 9.99. The smallest absolute Gasteiger partial charge is 0.416 e. The number of rotatable bonds is 5. The van der Waals surface area contributed by atoms with Gasteiger partial charge in [0.05, 0.1) is 16.3 Å². The molecule has 1 amide bonds. The van der Waals surface area contributed by atoms with Gasteiger partial charge in [0.2, 0.25) is 5.88 Å². The number of aromatic nitrogens is 2. The van der Waals surface area contributed by atoms with Crippen molar-refractivity contribution in [2.45, 2.75) is 33.1 Å². The van der Waals surface area contributed by atoms with Crippen molar-refractivity contribution in [2.24, 2.45) is 0 Å². The van der Waals surface area contributed by atoms with Crippen molar-refractivity contribution in [3.8, 4) is 17.1 Å². The number of aryl methyl sites for hydroxylation is 2. The summed E-state index contributed by atoms with van der Waals surface area (Å²) in [6.45, 7) is 5.44. The number of fused-ring (bicyclic) bond motifs is 1. The van der Waals surface area contributed by atoms with Crippen LogP contribution < -0.4 is 10.1 Å². The van der Waals surface area contributed by atoms with Crippen LogP contribution in [0.2, 0.25) is 5.02 Å². The molecular formula is C26H21ClF3N3O2. The van der Waals surface area contributed by atoms with Gasteiger partial charge in [0.25, 0.3) is 5.91 Å². The number of benzene rings is 3. The molecule has 0 aliphatic rings. The molecule has 35 heavy (non-hydrogen) atoms. The SMILES string of the molecule is Cc1ccc(C)c(-c2nnc(O[C@@H](C)C(=O)Nc3cc(C(F)(F)F)ccc3Cl)c3ccccc23)c1. The number of ether oxygens (including phenoxy) is 1. The van der Waals surface area contributed by atoms with E-state index in [-0.39, 0.29) is 16.6 Å². The van der Waals surface area contributed by atoms with E-state index in [9.17, 15) is 18.0 Å². The number of amides is 1. The molecule has 9 heteroatoms. The number of halogens is 4. The Hall–Kier alpha value is -3.65. The monoisotopic (exact) mass is 499 g/mol. The van der Waals surface area contributed by atoms with Crippen molar-refractivity contribution in [2.75, 3.05) is 5.32 Å². The maximum atomic E-state index is 13.0. The first-order valence-corrected chi connectivity index (χ1v) is 11.1. The fourth-order valence-corrected chi connectivity index (χ4v) is 3.77. The molecule has 0 radical (unpaired) electrons. The average Bonchev–Trinajstić information content (AvgIpc) is 2.81. The molecule has 0 spiro atoms. The highest BCUT2D eigenvalue weighted by atomic mass is 35.5. The maximum Gasteiger partial charge on any atom is 0.416 e. The molecule has 4 rings (SSSR count). The van der Waals surface area contributed by atoms with Gasteiger partial charge < -0.3 is 10.1 Å². The average molecular weight is 500 g/mol. The van der Waals surface area contributed by atoms with E-state index in [1.807, 2.05) is 56.3 Å². The fraction of sp³-hybridized carbons (Fsp3) is 0.192. The van der Waals surface area contributed by atoms with Gasteiger partial charge in [-0.2, -0.15) is 13.2 Å². The van der Waals surface area contributed by atoms with E-state index in [1.54, 1.807) is 0 Å². The lowest BCUT2D eigenvalue weighted by Crippen LogP contribution is -2.30. The van der Waals surface area contributed by atoms with Gasteiger partial charge in [-0.15, -0.1) is 10.2 Å². The summed E-state index contributed by atoms with van der Waals surface area (Å²) < 4.78 is 44.9. The zero-order valence-corrected chi connectivity index (χ0v) is 19.8. The van der Waals surface area contributed by atoms with E-state index in [0.717, 1.165) is 40.3 Å². The lowest BCUT2D eigenvalue weighted by molar-refractivity contribution is -0.137. The molecule has 0 fully saturated rings. The molecule has 0 aliphatic carbocycles. The standard InChI is InChI=1S/C26H21ClF3N3O2/c1-14-8-9-15(2)20(12-14)23-18-6-4-5-7-19(18)25(33-32-23)35-16(3)24(34)31-22-13-17(26(28,29)30)10-11-21(22)27/h4-13,16H,1-3H3,(H,31,34)/t16-/m0/s1. The summed E-state index contributed by atoms with van der Waals surface area (Å²) in [6.07, 6.45) is -5.66. The Morgan fingerprint density at radius 2 is 1.71 bits per heavy atom. The fourth-order valence-electron chi connectivity index (χ4n) is 3.61. The maximum absolute atomic E-state index is 13.0. The largest absolute Gasteiger partial charge is 0.463 e. The number of hydrogen-bond donors (Lipinski definition) is 1. The van der Waals surface area contributed by atoms with Gasteiger partial charge in [-0.1, -0.05) is 47.5 Å². The van der Waals surface area contributed by atoms with Crippen molar-refractivity contribution in [3.05, 3.63) is 82.4 Å². The predicted molar refractivity (Wildman–Crippen MR) is 130 cm³/mol. The summed E-state index contributed by atoms with van der Waals surface area (Å²) in [6, 6.07) is 16.1. The normalized spacial score (nSPS) is 12.4. The molecule has 5 nitrogen and oxygen atoms in total. The first-order valence-electron chi connectivity index (χ1n) is 10.7. The number of anilines is 1. The van der Waals surface area contributed by atoms with E-state index < -0.39 is 23.8 Å². The summed E-state index contributed by atoms with van der Waals surface area (Å²) in [7, 11) is 0. The second-order valence-electron chi connectivity index (χ2n) is 8.16. The van der Waals surface area contributed by atoms with Crippen LogP contribution in [0.15, 0.2) is 60.7 Å². The minimum atomic E-state index is -4.57. The quantitative estimate of drug-likeness (QED) is 0.321. The molecular weight excluding hydrogens is 479 g/mol. The Kier molecular flexibility index (Phi) is 6.67. The second kappa shape index (κ2) is 9.54. The molecule has 1 aromatic heterocycles. The van der Waals surface area contributed by atoms with Gasteiger partial charge in [-0.05, 0) is 56.7 Å². The number of hydrogen-bond acceptors (Lipinski definition) is 4. The van der Waals surface area contributed by atoms with Crippen molar-refractivity contribution in [1.29, 1.82) is 0 Å². The molecule has 1 N–H and O–H groups in total. The molecule has 1 atom stereocenters. The van der Waals surface area contributed by atoms with Crippen LogP contribution in [0.5, 0.6) is 5.88 Å². The minimum absolute atomic E-state index is 0.0262. The van der Waals surface area contributed by atoms with E-state index in [0.29, 0.717) is 11.1 Å². The van der Waals surface area contributed by atoms with Crippen LogP contribution in [0.1, 0.15) is 23.6 Å². The molecule has 1 heterocycles. The highest BCUT2D eigenvalue weighted by Crippen LogP contribution is 2.35. The van der Waals surface area contributed by atoms with Crippen molar-refractivity contribution >= 4 is 34.0 Å². The summed E-state index contributed by atoms with van der Waals surface area (Å²) in [5.41, 5.74) is 2.64. The Labute approximate surface area is 204 Å². The van der Waals surface area contributed by atoms with Gasteiger partial charge >= 0.3 is 6.18 Å². The van der Waals surface area contributed by atoms with Gasteiger partial charge in [0.1, 0.15) is 5.69 Å². The molecule has 4 aromatic rings. The number of carbonyl (C=O) groups excluding carboxylic acids is 1. The van der Waals surface area contributed by atoms with Gasteiger partial charge in [0.15, 0.2) is 6.10 Å². The molecule has 3 aromatic carbocycles. The lowest BCUT2D eigenvalue weighted by Gasteiger charge is -2.17. The molecule has 0 bridgehead atoms. The minimum Gasteiger partial charge on any atom is -0.463 e. The zero-order valence-electron chi connectivity index (χ0n) is 19.1. The number of carbonyl (C=O) groups is 1. The molecule has 0 unspecified atom stereocenters. The first kappa shape index (κ1) is 24.5. The number of alkyl halides is 3. The summed E-state index contributed by atoms with van der Waals surface area (Å²) in [5.74, 6) is -0.553. The van der Waals surface area contributed by atoms with Crippen LogP contribution in [-0.2, 0) is 11.0 Å². The third-order valence-electron chi connectivity index (χ3n) is 5.51. The summed E-state index contributed by atoms with van der Waals surface area (Å²) in [4.78, 5) is 12.7. The van der Waals surface area contributed by atoms with Crippen molar-refractivity contribution in [3.63, 3.8) is 0 Å². The van der Waals surface area contributed by atoms with Gasteiger partial charge in [-0.3, -0.25) is 4.79 Å². The Morgan fingerprint density at radius 3 is 2.43 bits per heavy atom. The van der Waals surface area contributed by atoms with Gasteiger partial charge in [0, 0.05) is 16.3 Å². The first-order chi connectivity index (χ1) is 16.5. The third-order valence-corrected chi connectivity index (χ3v) is 5.84. The van der Waals surface area contributed by atoms with Crippen LogP contribution in [0.25, 0.3) is 22.0 Å². The van der Waals surface area contributed by atoms with Crippen LogP contribution in [-0.4, -0.2) is 22.2 Å².